The van der Waals surface area contributed by atoms with Crippen LogP contribution in [-0.4, -0.2) is 52.7 Å². The number of rotatable bonds is 7. The van der Waals surface area contributed by atoms with Crippen molar-refractivity contribution in [3.63, 3.8) is 0 Å². The molecule has 108 valence electrons. The average Bonchev–Trinajstić information content (AvgIpc) is 2.27. The fourth-order valence-electron chi connectivity index (χ4n) is 1.16. The van der Waals surface area contributed by atoms with Crippen molar-refractivity contribution >= 4 is 23.9 Å². The van der Waals surface area contributed by atoms with Crippen LogP contribution in [0.3, 0.4) is 0 Å². The summed E-state index contributed by atoms with van der Waals surface area (Å²) in [6.45, 7) is 3.51. The molecule has 0 aromatic heterocycles. The molecule has 3 amide bonds. The van der Waals surface area contributed by atoms with E-state index in [1.807, 2.05) is 5.32 Å². The van der Waals surface area contributed by atoms with Crippen molar-refractivity contribution in [3.8, 4) is 0 Å². The zero-order valence-electron chi connectivity index (χ0n) is 10.6. The van der Waals surface area contributed by atoms with E-state index in [9.17, 15) is 19.2 Å². The molecular weight excluding hydrogens is 258 g/mol. The molecule has 2 atom stereocenters. The van der Waals surface area contributed by atoms with Crippen molar-refractivity contribution in [3.05, 3.63) is 0 Å². The average molecular weight is 275 g/mol. The number of urea groups is 1. The minimum atomic E-state index is -1.56. The number of amides is 3. The van der Waals surface area contributed by atoms with Gasteiger partial charge in [0.1, 0.15) is 12.1 Å². The molecule has 9 heteroatoms. The number of carboxylic acid groups (broad SMARTS) is 2. The lowest BCUT2D eigenvalue weighted by atomic mass is 10.2. The van der Waals surface area contributed by atoms with Gasteiger partial charge in [0.25, 0.3) is 0 Å². The van der Waals surface area contributed by atoms with Gasteiger partial charge in [-0.05, 0) is 13.8 Å². The van der Waals surface area contributed by atoms with Crippen LogP contribution in [0.1, 0.15) is 20.3 Å². The first-order chi connectivity index (χ1) is 8.77. The van der Waals surface area contributed by atoms with E-state index in [2.05, 4.69) is 10.6 Å². The molecule has 0 aliphatic rings. The van der Waals surface area contributed by atoms with Gasteiger partial charge in [-0.15, -0.1) is 0 Å². The Morgan fingerprint density at radius 2 is 1.68 bits per heavy atom. The number of hydrogen-bond donors (Lipinski definition) is 5. The number of aliphatic carboxylic acids is 2. The molecule has 19 heavy (non-hydrogen) atoms. The van der Waals surface area contributed by atoms with Crippen LogP contribution >= 0.6 is 0 Å². The van der Waals surface area contributed by atoms with E-state index in [0.717, 1.165) is 0 Å². The van der Waals surface area contributed by atoms with Crippen molar-refractivity contribution in [2.45, 2.75) is 32.4 Å². The summed E-state index contributed by atoms with van der Waals surface area (Å²) in [6.07, 6.45) is -0.752. The van der Waals surface area contributed by atoms with Gasteiger partial charge in [-0.3, -0.25) is 9.59 Å². The number of likely N-dealkylation sites (N-methyl/N-ethyl adjacent to an activating group) is 1. The number of carbonyl (C=O) groups excluding carboxylic acids is 2. The first-order valence-corrected chi connectivity index (χ1v) is 5.57. The lowest BCUT2D eigenvalue weighted by molar-refractivity contribution is -0.145. The molecule has 0 rings (SSSR count). The van der Waals surface area contributed by atoms with Crippen LogP contribution in [0.15, 0.2) is 0 Å². The van der Waals surface area contributed by atoms with Crippen LogP contribution in [0.2, 0.25) is 0 Å². The molecule has 9 nitrogen and oxygen atoms in total. The van der Waals surface area contributed by atoms with Gasteiger partial charge in [0, 0.05) is 6.54 Å². The zero-order valence-corrected chi connectivity index (χ0v) is 10.6. The summed E-state index contributed by atoms with van der Waals surface area (Å²) < 4.78 is 0. The van der Waals surface area contributed by atoms with Gasteiger partial charge < -0.3 is 26.2 Å². The van der Waals surface area contributed by atoms with Crippen molar-refractivity contribution in [1.82, 2.24) is 16.0 Å². The molecule has 0 aliphatic carbocycles. The molecule has 0 aromatic rings. The summed E-state index contributed by atoms with van der Waals surface area (Å²) in [5.41, 5.74) is 0. The Morgan fingerprint density at radius 3 is 2.11 bits per heavy atom. The highest BCUT2D eigenvalue weighted by molar-refractivity contribution is 5.89. The second kappa shape index (κ2) is 7.90. The van der Waals surface area contributed by atoms with Gasteiger partial charge in [-0.25, -0.2) is 9.59 Å². The van der Waals surface area contributed by atoms with E-state index in [0.29, 0.717) is 6.54 Å². The minimum Gasteiger partial charge on any atom is -0.481 e. The third kappa shape index (κ3) is 6.86. The summed E-state index contributed by atoms with van der Waals surface area (Å²) in [5, 5.41) is 23.8. The van der Waals surface area contributed by atoms with Crippen molar-refractivity contribution in [1.29, 1.82) is 0 Å². The lowest BCUT2D eigenvalue weighted by Crippen LogP contribution is -2.52. The second-order valence-electron chi connectivity index (χ2n) is 3.72. The Hall–Kier alpha value is -2.32. The molecule has 0 radical (unpaired) electrons. The quantitative estimate of drug-likeness (QED) is 0.392. The van der Waals surface area contributed by atoms with E-state index >= 15 is 0 Å². The van der Waals surface area contributed by atoms with E-state index in [1.165, 1.54) is 6.92 Å². The fourth-order valence-corrected chi connectivity index (χ4v) is 1.16. The van der Waals surface area contributed by atoms with E-state index in [-0.39, 0.29) is 0 Å². The van der Waals surface area contributed by atoms with Crippen molar-refractivity contribution in [2.75, 3.05) is 6.54 Å². The van der Waals surface area contributed by atoms with Gasteiger partial charge >= 0.3 is 18.0 Å². The van der Waals surface area contributed by atoms with Gasteiger partial charge in [0.05, 0.1) is 6.42 Å². The molecule has 0 saturated carbocycles. The Labute approximate surface area is 109 Å². The summed E-state index contributed by atoms with van der Waals surface area (Å²) in [7, 11) is 0. The first-order valence-electron chi connectivity index (χ1n) is 5.57. The highest BCUT2D eigenvalue weighted by Crippen LogP contribution is 1.93. The standard InChI is InChI=1S/C10H17N3O6/c1-3-11-8(16)5(2)12-10(19)13-6(9(17)18)4-7(14)15/h5-6H,3-4H2,1-2H3,(H,11,16)(H,14,15)(H,17,18)(H2,12,13,19)/t5?,6-/m1/s1. The molecule has 0 saturated heterocycles. The summed E-state index contributed by atoms with van der Waals surface area (Å²) in [6, 6.07) is -3.34. The van der Waals surface area contributed by atoms with E-state index < -0.39 is 42.4 Å². The highest BCUT2D eigenvalue weighted by atomic mass is 16.4. The Bertz CT molecular complexity index is 370. The van der Waals surface area contributed by atoms with Crippen molar-refractivity contribution in [2.24, 2.45) is 0 Å². The molecule has 0 aliphatic heterocycles. The molecule has 0 fully saturated rings. The molecule has 0 heterocycles. The van der Waals surface area contributed by atoms with Crippen LogP contribution in [0.25, 0.3) is 0 Å². The summed E-state index contributed by atoms with van der Waals surface area (Å²) in [4.78, 5) is 43.8. The zero-order chi connectivity index (χ0) is 15.0. The smallest absolute Gasteiger partial charge is 0.326 e. The Balaban J connectivity index is 4.37. The van der Waals surface area contributed by atoms with Crippen LogP contribution < -0.4 is 16.0 Å². The van der Waals surface area contributed by atoms with Crippen LogP contribution in [0.5, 0.6) is 0 Å². The third-order valence-electron chi connectivity index (χ3n) is 2.07. The van der Waals surface area contributed by atoms with Gasteiger partial charge in [-0.2, -0.15) is 0 Å². The van der Waals surface area contributed by atoms with Gasteiger partial charge in [0.2, 0.25) is 5.91 Å². The fraction of sp³-hybridized carbons (Fsp3) is 0.600. The highest BCUT2D eigenvalue weighted by Gasteiger charge is 2.24. The van der Waals surface area contributed by atoms with Gasteiger partial charge in [0.15, 0.2) is 0 Å². The SMILES string of the molecule is CCNC(=O)C(C)NC(=O)N[C@H](CC(=O)O)C(=O)O. The second-order valence-corrected chi connectivity index (χ2v) is 3.72. The third-order valence-corrected chi connectivity index (χ3v) is 2.07. The Kier molecular flexibility index (Phi) is 6.94. The van der Waals surface area contributed by atoms with Crippen LogP contribution in [0, 0.1) is 0 Å². The number of carboxylic acids is 2. The maximum Gasteiger partial charge on any atom is 0.326 e. The summed E-state index contributed by atoms with van der Waals surface area (Å²) in [5.74, 6) is -3.25. The predicted octanol–water partition coefficient (Wildman–Crippen LogP) is -1.26. The first kappa shape index (κ1) is 16.7. The number of hydrogen-bond acceptors (Lipinski definition) is 4. The Morgan fingerprint density at radius 1 is 1.11 bits per heavy atom. The molecule has 0 aromatic carbocycles. The molecule has 0 bridgehead atoms. The van der Waals surface area contributed by atoms with Crippen LogP contribution in [0.4, 0.5) is 4.79 Å². The number of nitrogens with one attached hydrogen (secondary N) is 3. The normalized spacial score (nSPS) is 12.9. The summed E-state index contributed by atoms with van der Waals surface area (Å²) >= 11 is 0. The monoisotopic (exact) mass is 275 g/mol. The van der Waals surface area contributed by atoms with E-state index in [4.69, 9.17) is 10.2 Å². The van der Waals surface area contributed by atoms with Gasteiger partial charge in [-0.1, -0.05) is 0 Å². The molecule has 0 spiro atoms. The maximum atomic E-state index is 11.4. The number of carbonyl (C=O) groups is 4. The minimum absolute atomic E-state index is 0.392. The molecular formula is C10H17N3O6. The van der Waals surface area contributed by atoms with Crippen LogP contribution in [-0.2, 0) is 14.4 Å². The molecule has 1 unspecified atom stereocenters. The molecule has 5 N–H and O–H groups in total. The van der Waals surface area contributed by atoms with E-state index in [1.54, 1.807) is 6.92 Å². The lowest BCUT2D eigenvalue weighted by Gasteiger charge is -2.16. The largest absolute Gasteiger partial charge is 0.481 e. The maximum absolute atomic E-state index is 11.4. The van der Waals surface area contributed by atoms with Crippen molar-refractivity contribution < 1.29 is 29.4 Å². The topological polar surface area (TPSA) is 145 Å². The predicted molar refractivity (Wildman–Crippen MR) is 63.5 cm³/mol.